The molecule has 0 amide bonds. The first kappa shape index (κ1) is 32.3. The van der Waals surface area contributed by atoms with Gasteiger partial charge in [0.15, 0.2) is 0 Å². The maximum Gasteiger partial charge on any atom is 0.140 e. The van der Waals surface area contributed by atoms with E-state index in [9.17, 15) is 10.2 Å². The standard InChI is InChI=1S/C28H36N2O4.2HI/c1-29(2,3)23-15-25(31)19-27(17-23)33-13-9-10-14-34-28-18-24(16-26(32)20-28)30(4,5)21-22-11-7-6-8-12-22;;/h6-8,11-12,15-20H,9-10,13-14,21H2,1-5H3;2*1H. The van der Waals surface area contributed by atoms with Crippen molar-refractivity contribution in [2.45, 2.75) is 19.4 Å². The summed E-state index contributed by atoms with van der Waals surface area (Å²) in [5.41, 5.74) is 3.20. The minimum Gasteiger partial charge on any atom is -1.00 e. The van der Waals surface area contributed by atoms with Crippen molar-refractivity contribution in [3.63, 3.8) is 0 Å². The van der Waals surface area contributed by atoms with Gasteiger partial charge in [0.2, 0.25) is 0 Å². The predicted molar refractivity (Wildman–Crippen MR) is 140 cm³/mol. The molecule has 198 valence electrons. The monoisotopic (exact) mass is 720 g/mol. The number of hydrogen-bond acceptors (Lipinski definition) is 4. The third-order valence-corrected chi connectivity index (χ3v) is 5.72. The number of phenolic OH excluding ortho intramolecular Hbond substituents is 2. The fraction of sp³-hybridized carbons (Fsp3) is 0.357. The fourth-order valence-electron chi connectivity index (χ4n) is 3.75. The number of phenols is 2. The molecule has 0 aromatic heterocycles. The molecule has 0 unspecified atom stereocenters. The number of aromatic hydroxyl groups is 2. The molecule has 3 aromatic carbocycles. The van der Waals surface area contributed by atoms with Gasteiger partial charge in [-0.1, -0.05) is 30.3 Å². The molecule has 0 spiro atoms. The molecule has 6 nitrogen and oxygen atoms in total. The summed E-state index contributed by atoms with van der Waals surface area (Å²) in [4.78, 5) is 0. The highest BCUT2D eigenvalue weighted by atomic mass is 127. The molecular weight excluding hydrogens is 682 g/mol. The van der Waals surface area contributed by atoms with Crippen LogP contribution in [-0.4, -0.2) is 58.7 Å². The Morgan fingerprint density at radius 3 is 1.61 bits per heavy atom. The molecule has 0 aliphatic carbocycles. The zero-order chi connectivity index (χ0) is 24.8. The molecule has 0 aliphatic rings. The summed E-state index contributed by atoms with van der Waals surface area (Å²) in [5, 5.41) is 20.2. The second-order valence-corrected chi connectivity index (χ2v) is 10.1. The zero-order valence-electron chi connectivity index (χ0n) is 21.7. The Bertz CT molecular complexity index is 1090. The molecule has 0 bridgehead atoms. The van der Waals surface area contributed by atoms with E-state index in [1.165, 1.54) is 5.56 Å². The maximum absolute atomic E-state index is 10.3. The molecule has 0 fully saturated rings. The SMILES string of the molecule is C[N+](C)(C)c1cc(O)cc(OCCCCOc2cc(O)cc([N+](C)(C)Cc3ccccc3)c2)c1.[I-].[I-]. The Kier molecular flexibility index (Phi) is 12.8. The van der Waals surface area contributed by atoms with Gasteiger partial charge in [0.25, 0.3) is 0 Å². The number of halogens is 2. The molecule has 0 heterocycles. The van der Waals surface area contributed by atoms with Crippen LogP contribution in [0.15, 0.2) is 66.7 Å². The molecule has 2 N–H and O–H groups in total. The molecule has 36 heavy (non-hydrogen) atoms. The summed E-state index contributed by atoms with van der Waals surface area (Å²) in [5.74, 6) is 1.74. The van der Waals surface area contributed by atoms with Gasteiger partial charge in [-0.05, 0) is 12.8 Å². The number of hydrogen-bond donors (Lipinski definition) is 2. The lowest BCUT2D eigenvalue weighted by Crippen LogP contribution is -3.00. The average Bonchev–Trinajstić information content (AvgIpc) is 2.75. The Morgan fingerprint density at radius 1 is 0.639 bits per heavy atom. The Hall–Kier alpha value is -1.76. The van der Waals surface area contributed by atoms with E-state index in [4.69, 9.17) is 9.47 Å². The first-order chi connectivity index (χ1) is 16.0. The predicted octanol–water partition coefficient (Wildman–Crippen LogP) is -0.692. The van der Waals surface area contributed by atoms with Crippen molar-refractivity contribution >= 4 is 11.4 Å². The van der Waals surface area contributed by atoms with Crippen molar-refractivity contribution in [1.82, 2.24) is 8.97 Å². The lowest BCUT2D eigenvalue weighted by Gasteiger charge is -2.30. The van der Waals surface area contributed by atoms with Crippen molar-refractivity contribution in [3.8, 4) is 23.0 Å². The lowest BCUT2D eigenvalue weighted by atomic mass is 10.1. The van der Waals surface area contributed by atoms with Crippen molar-refractivity contribution in [3.05, 3.63) is 72.3 Å². The molecule has 3 aromatic rings. The molecule has 0 saturated carbocycles. The second-order valence-electron chi connectivity index (χ2n) is 10.1. The lowest BCUT2D eigenvalue weighted by molar-refractivity contribution is -0.001000. The van der Waals surface area contributed by atoms with E-state index < -0.39 is 0 Å². The van der Waals surface area contributed by atoms with E-state index in [1.54, 1.807) is 24.3 Å². The van der Waals surface area contributed by atoms with Crippen molar-refractivity contribution in [2.75, 3.05) is 48.5 Å². The number of ether oxygens (including phenoxy) is 2. The first-order valence-electron chi connectivity index (χ1n) is 11.7. The minimum absolute atomic E-state index is 0. The number of quaternary nitrogens is 2. The highest BCUT2D eigenvalue weighted by Gasteiger charge is 2.21. The molecule has 0 aliphatic heterocycles. The van der Waals surface area contributed by atoms with Crippen LogP contribution in [0.1, 0.15) is 18.4 Å². The van der Waals surface area contributed by atoms with Crippen LogP contribution in [0.3, 0.4) is 0 Å². The van der Waals surface area contributed by atoms with E-state index in [0.717, 1.165) is 30.8 Å². The van der Waals surface area contributed by atoms with Gasteiger partial charge in [-0.15, -0.1) is 0 Å². The first-order valence-corrected chi connectivity index (χ1v) is 11.7. The minimum atomic E-state index is 0. The fourth-order valence-corrected chi connectivity index (χ4v) is 3.75. The van der Waals surface area contributed by atoms with Crippen LogP contribution in [-0.2, 0) is 6.54 Å². The Morgan fingerprint density at radius 2 is 1.11 bits per heavy atom. The van der Waals surface area contributed by atoms with Crippen molar-refractivity contribution < 1.29 is 67.6 Å². The summed E-state index contributed by atoms with van der Waals surface area (Å²) in [6, 6.07) is 21.1. The van der Waals surface area contributed by atoms with Crippen LogP contribution in [0.5, 0.6) is 23.0 Å². The number of nitrogens with zero attached hydrogens (tertiary/aromatic N) is 2. The normalized spacial score (nSPS) is 11.2. The average molecular weight is 720 g/mol. The highest BCUT2D eigenvalue weighted by Crippen LogP contribution is 2.32. The topological polar surface area (TPSA) is 58.9 Å². The number of unbranched alkanes of at least 4 members (excludes halogenated alkanes) is 1. The van der Waals surface area contributed by atoms with E-state index in [1.807, 2.05) is 51.5 Å². The third kappa shape index (κ3) is 9.95. The van der Waals surface area contributed by atoms with Gasteiger partial charge in [0.1, 0.15) is 40.9 Å². The second kappa shape index (κ2) is 14.3. The van der Waals surface area contributed by atoms with Crippen LogP contribution in [0.4, 0.5) is 11.4 Å². The van der Waals surface area contributed by atoms with Gasteiger partial charge >= 0.3 is 0 Å². The molecule has 3 rings (SSSR count). The molecule has 0 saturated heterocycles. The van der Waals surface area contributed by atoms with E-state index in [-0.39, 0.29) is 59.5 Å². The van der Waals surface area contributed by atoms with Gasteiger partial charge in [-0.25, -0.2) is 0 Å². The van der Waals surface area contributed by atoms with Crippen LogP contribution >= 0.6 is 0 Å². The maximum atomic E-state index is 10.3. The molecule has 0 radical (unpaired) electrons. The van der Waals surface area contributed by atoms with Crippen molar-refractivity contribution in [2.24, 2.45) is 0 Å². The smallest absolute Gasteiger partial charge is 0.140 e. The van der Waals surface area contributed by atoms with E-state index in [0.29, 0.717) is 33.7 Å². The van der Waals surface area contributed by atoms with Crippen LogP contribution in [0, 0.1) is 0 Å². The van der Waals surface area contributed by atoms with Gasteiger partial charge in [-0.2, -0.15) is 0 Å². The van der Waals surface area contributed by atoms with E-state index in [2.05, 4.69) is 26.2 Å². The van der Waals surface area contributed by atoms with Crippen LogP contribution in [0.2, 0.25) is 0 Å². The summed E-state index contributed by atoms with van der Waals surface area (Å²) in [6.45, 7) is 1.88. The summed E-state index contributed by atoms with van der Waals surface area (Å²) >= 11 is 0. The van der Waals surface area contributed by atoms with Gasteiger partial charge < -0.3 is 67.6 Å². The van der Waals surface area contributed by atoms with Crippen LogP contribution < -0.4 is 66.4 Å². The Labute approximate surface area is 249 Å². The molecule has 8 heteroatoms. The molecular formula is C28H38I2N2O4. The van der Waals surface area contributed by atoms with Gasteiger partial charge in [0.05, 0.1) is 48.5 Å². The van der Waals surface area contributed by atoms with E-state index >= 15 is 0 Å². The largest absolute Gasteiger partial charge is 1.00 e. The molecule has 0 atom stereocenters. The highest BCUT2D eigenvalue weighted by molar-refractivity contribution is 5.53. The number of rotatable bonds is 11. The summed E-state index contributed by atoms with van der Waals surface area (Å²) in [7, 11) is 10.4. The summed E-state index contributed by atoms with van der Waals surface area (Å²) < 4.78 is 13.0. The number of benzene rings is 3. The van der Waals surface area contributed by atoms with Crippen LogP contribution in [0.25, 0.3) is 0 Å². The zero-order valence-corrected chi connectivity index (χ0v) is 26.1. The van der Waals surface area contributed by atoms with Gasteiger partial charge in [0, 0.05) is 42.0 Å². The third-order valence-electron chi connectivity index (χ3n) is 5.72. The van der Waals surface area contributed by atoms with Crippen molar-refractivity contribution in [1.29, 1.82) is 0 Å². The summed E-state index contributed by atoms with van der Waals surface area (Å²) in [6.07, 6.45) is 1.63. The Balaban J connectivity index is 0.00000324. The quantitative estimate of drug-likeness (QED) is 0.157. The van der Waals surface area contributed by atoms with Gasteiger partial charge in [-0.3, -0.25) is 8.97 Å².